The molecule has 2 rings (SSSR count). The third kappa shape index (κ3) is 6.63. The van der Waals surface area contributed by atoms with Gasteiger partial charge in [0.25, 0.3) is 0 Å². The molecule has 2 heterocycles. The summed E-state index contributed by atoms with van der Waals surface area (Å²) in [5, 5.41) is 6.23. The number of sulfonamides is 1. The van der Waals surface area contributed by atoms with Crippen molar-refractivity contribution in [2.24, 2.45) is 5.92 Å². The highest BCUT2D eigenvalue weighted by Gasteiger charge is 2.30. The minimum atomic E-state index is -3.15. The molecule has 0 unspecified atom stereocenters. The van der Waals surface area contributed by atoms with E-state index in [4.69, 9.17) is 0 Å². The second kappa shape index (κ2) is 10.4. The first-order valence-corrected chi connectivity index (χ1v) is 12.1. The van der Waals surface area contributed by atoms with Crippen LogP contribution in [0, 0.1) is 12.8 Å². The quantitative estimate of drug-likeness (QED) is 0.612. The van der Waals surface area contributed by atoms with Gasteiger partial charge in [0.1, 0.15) is 0 Å². The van der Waals surface area contributed by atoms with Crippen molar-refractivity contribution in [3.63, 3.8) is 0 Å². The highest BCUT2D eigenvalue weighted by Crippen LogP contribution is 2.20. The lowest BCUT2D eigenvalue weighted by Gasteiger charge is -2.30. The van der Waals surface area contributed by atoms with E-state index in [0.717, 1.165) is 36.4 Å². The maximum absolute atomic E-state index is 12.3. The Labute approximate surface area is 161 Å². The van der Waals surface area contributed by atoms with Crippen LogP contribution < -0.4 is 5.32 Å². The molecule has 148 valence electrons. The number of aromatic nitrogens is 1. The number of nitrogens with one attached hydrogen (secondary N) is 1. The zero-order valence-electron chi connectivity index (χ0n) is 15.9. The Bertz CT molecular complexity index is 665. The largest absolute Gasteiger partial charge is 0.356 e. The first-order chi connectivity index (χ1) is 12.4. The number of thiazole rings is 1. The average molecular weight is 402 g/mol. The molecule has 0 spiro atoms. The minimum Gasteiger partial charge on any atom is -0.356 e. The highest BCUT2D eigenvalue weighted by molar-refractivity contribution is 7.89. The number of hydrogen-bond donors (Lipinski definition) is 1. The van der Waals surface area contributed by atoms with E-state index in [1.54, 1.807) is 15.6 Å². The SMILES string of the molecule is CCCCS(=O)(=O)N1CCC(C(=O)NCCCCc2nc(C)cs2)CC1. The first kappa shape index (κ1) is 21.3. The smallest absolute Gasteiger partial charge is 0.223 e. The van der Waals surface area contributed by atoms with Crippen molar-refractivity contribution < 1.29 is 13.2 Å². The lowest BCUT2D eigenvalue weighted by molar-refractivity contribution is -0.126. The molecule has 1 aliphatic rings. The normalized spacial score (nSPS) is 16.7. The van der Waals surface area contributed by atoms with Gasteiger partial charge in [0.05, 0.1) is 10.8 Å². The fourth-order valence-corrected chi connectivity index (χ4v) is 5.62. The summed E-state index contributed by atoms with van der Waals surface area (Å²) < 4.78 is 26.0. The summed E-state index contributed by atoms with van der Waals surface area (Å²) in [4.78, 5) is 16.7. The van der Waals surface area contributed by atoms with Gasteiger partial charge in [0.2, 0.25) is 15.9 Å². The van der Waals surface area contributed by atoms with E-state index >= 15 is 0 Å². The number of amides is 1. The summed E-state index contributed by atoms with van der Waals surface area (Å²) in [6, 6.07) is 0. The molecule has 0 saturated carbocycles. The van der Waals surface area contributed by atoms with Crippen LogP contribution in [-0.2, 0) is 21.2 Å². The van der Waals surface area contributed by atoms with Crippen molar-refractivity contribution in [3.05, 3.63) is 16.1 Å². The van der Waals surface area contributed by atoms with Gasteiger partial charge in [-0.05, 0) is 45.4 Å². The van der Waals surface area contributed by atoms with Crippen LogP contribution in [0.2, 0.25) is 0 Å². The van der Waals surface area contributed by atoms with Crippen molar-refractivity contribution in [2.45, 2.75) is 58.8 Å². The van der Waals surface area contributed by atoms with Crippen LogP contribution in [0.4, 0.5) is 0 Å². The summed E-state index contributed by atoms with van der Waals surface area (Å²) >= 11 is 1.69. The van der Waals surface area contributed by atoms with Crippen LogP contribution in [0.15, 0.2) is 5.38 Å². The van der Waals surface area contributed by atoms with Crippen LogP contribution in [0.1, 0.15) is 56.2 Å². The predicted molar refractivity (Wildman–Crippen MR) is 106 cm³/mol. The number of carbonyl (C=O) groups is 1. The van der Waals surface area contributed by atoms with Gasteiger partial charge in [-0.25, -0.2) is 17.7 Å². The molecule has 1 fully saturated rings. The van der Waals surface area contributed by atoms with Gasteiger partial charge in [-0.2, -0.15) is 0 Å². The molecule has 26 heavy (non-hydrogen) atoms. The molecule has 0 radical (unpaired) electrons. The molecule has 1 aromatic heterocycles. The summed E-state index contributed by atoms with van der Waals surface area (Å²) in [6.07, 6.45) is 5.73. The summed E-state index contributed by atoms with van der Waals surface area (Å²) in [5.74, 6) is 0.230. The standard InChI is InChI=1S/C18H31N3O3S2/c1-3-4-13-26(23,24)21-11-8-16(9-12-21)18(22)19-10-6-5-7-17-20-15(2)14-25-17/h14,16H,3-13H2,1-2H3,(H,19,22). The molecular formula is C18H31N3O3S2. The number of piperidine rings is 1. The number of aryl methyl sites for hydroxylation is 2. The van der Waals surface area contributed by atoms with Crippen molar-refractivity contribution in [1.29, 1.82) is 0 Å². The second-order valence-electron chi connectivity index (χ2n) is 6.97. The lowest BCUT2D eigenvalue weighted by Crippen LogP contribution is -2.43. The molecule has 0 bridgehead atoms. The Morgan fingerprint density at radius 2 is 2.04 bits per heavy atom. The zero-order chi connectivity index (χ0) is 19.0. The second-order valence-corrected chi connectivity index (χ2v) is 10.0. The number of hydrogen-bond acceptors (Lipinski definition) is 5. The third-order valence-electron chi connectivity index (χ3n) is 4.76. The van der Waals surface area contributed by atoms with Crippen molar-refractivity contribution >= 4 is 27.3 Å². The Balaban J connectivity index is 1.62. The van der Waals surface area contributed by atoms with E-state index in [2.05, 4.69) is 15.7 Å². The van der Waals surface area contributed by atoms with Gasteiger partial charge in [-0.3, -0.25) is 4.79 Å². The Morgan fingerprint density at radius 3 is 2.65 bits per heavy atom. The van der Waals surface area contributed by atoms with Crippen LogP contribution in [0.5, 0.6) is 0 Å². The monoisotopic (exact) mass is 401 g/mol. The van der Waals surface area contributed by atoms with E-state index in [1.807, 2.05) is 13.8 Å². The van der Waals surface area contributed by atoms with Crippen LogP contribution >= 0.6 is 11.3 Å². The summed E-state index contributed by atoms with van der Waals surface area (Å²) in [6.45, 7) is 5.60. The molecule has 1 saturated heterocycles. The molecule has 8 heteroatoms. The maximum atomic E-state index is 12.3. The first-order valence-electron chi connectivity index (χ1n) is 9.59. The zero-order valence-corrected chi connectivity index (χ0v) is 17.5. The average Bonchev–Trinajstić information content (AvgIpc) is 3.05. The predicted octanol–water partition coefficient (Wildman–Crippen LogP) is 2.73. The maximum Gasteiger partial charge on any atom is 0.223 e. The Morgan fingerprint density at radius 1 is 1.31 bits per heavy atom. The Kier molecular flexibility index (Phi) is 8.50. The molecular weight excluding hydrogens is 370 g/mol. The van der Waals surface area contributed by atoms with E-state index in [0.29, 0.717) is 38.9 Å². The number of nitrogens with zero attached hydrogens (tertiary/aromatic N) is 2. The lowest BCUT2D eigenvalue weighted by atomic mass is 9.97. The molecule has 1 N–H and O–H groups in total. The van der Waals surface area contributed by atoms with Gasteiger partial charge >= 0.3 is 0 Å². The van der Waals surface area contributed by atoms with Crippen LogP contribution in [0.25, 0.3) is 0 Å². The van der Waals surface area contributed by atoms with Crippen molar-refractivity contribution in [1.82, 2.24) is 14.6 Å². The fourth-order valence-electron chi connectivity index (χ4n) is 3.13. The molecule has 0 atom stereocenters. The van der Waals surface area contributed by atoms with Crippen LogP contribution in [-0.4, -0.2) is 49.0 Å². The third-order valence-corrected chi connectivity index (χ3v) is 7.74. The number of rotatable bonds is 10. The van der Waals surface area contributed by atoms with E-state index in [1.165, 1.54) is 0 Å². The van der Waals surface area contributed by atoms with Gasteiger partial charge in [0, 0.05) is 36.6 Å². The summed E-state index contributed by atoms with van der Waals surface area (Å²) in [7, 11) is -3.15. The fraction of sp³-hybridized carbons (Fsp3) is 0.778. The summed E-state index contributed by atoms with van der Waals surface area (Å²) in [5.41, 5.74) is 1.07. The van der Waals surface area contributed by atoms with Gasteiger partial charge in [-0.1, -0.05) is 13.3 Å². The van der Waals surface area contributed by atoms with Crippen molar-refractivity contribution in [3.8, 4) is 0 Å². The Hall–Kier alpha value is -0.990. The molecule has 0 aromatic carbocycles. The molecule has 1 aromatic rings. The van der Waals surface area contributed by atoms with Crippen LogP contribution in [0.3, 0.4) is 0 Å². The van der Waals surface area contributed by atoms with Crippen molar-refractivity contribution in [2.75, 3.05) is 25.4 Å². The topological polar surface area (TPSA) is 79.4 Å². The van der Waals surface area contributed by atoms with E-state index in [-0.39, 0.29) is 17.6 Å². The van der Waals surface area contributed by atoms with Gasteiger partial charge < -0.3 is 5.32 Å². The van der Waals surface area contributed by atoms with E-state index in [9.17, 15) is 13.2 Å². The number of carbonyl (C=O) groups excluding carboxylic acids is 1. The van der Waals surface area contributed by atoms with Gasteiger partial charge in [-0.15, -0.1) is 11.3 Å². The molecule has 1 amide bonds. The molecule has 0 aliphatic carbocycles. The van der Waals surface area contributed by atoms with Gasteiger partial charge in [0.15, 0.2) is 0 Å². The number of unbranched alkanes of at least 4 members (excludes halogenated alkanes) is 2. The highest BCUT2D eigenvalue weighted by atomic mass is 32.2. The molecule has 6 nitrogen and oxygen atoms in total. The van der Waals surface area contributed by atoms with E-state index < -0.39 is 10.0 Å². The minimum absolute atomic E-state index is 0.0609. The molecule has 1 aliphatic heterocycles.